The van der Waals surface area contributed by atoms with Crippen LogP contribution < -0.4 is 9.47 Å². The van der Waals surface area contributed by atoms with Crippen LogP contribution >= 0.6 is 0 Å². The van der Waals surface area contributed by atoms with Crippen LogP contribution in [0.15, 0.2) is 42.5 Å². The fourth-order valence-corrected chi connectivity index (χ4v) is 3.83. The molecule has 1 aliphatic heterocycles. The van der Waals surface area contributed by atoms with Gasteiger partial charge in [0.15, 0.2) is 0 Å². The van der Waals surface area contributed by atoms with Gasteiger partial charge in [-0.25, -0.2) is 0 Å². The minimum Gasteiger partial charge on any atom is -0.490 e. The molecule has 1 heterocycles. The molecule has 1 unspecified atom stereocenters. The normalized spacial score (nSPS) is 20.7. The lowest BCUT2D eigenvalue weighted by Crippen LogP contribution is -2.24. The Bertz CT molecular complexity index is 771. The van der Waals surface area contributed by atoms with Crippen molar-refractivity contribution < 1.29 is 14.3 Å². The third-order valence-electron chi connectivity index (χ3n) is 5.31. The molecule has 25 heavy (non-hydrogen) atoms. The third-order valence-corrected chi connectivity index (χ3v) is 5.31. The summed E-state index contributed by atoms with van der Waals surface area (Å²) in [5, 5.41) is 0. The smallest absolute Gasteiger partial charge is 0.133 e. The summed E-state index contributed by atoms with van der Waals surface area (Å²) >= 11 is 0. The number of fused-ring (bicyclic) bond motifs is 1. The Morgan fingerprint density at radius 2 is 1.80 bits per heavy atom. The van der Waals surface area contributed by atoms with Gasteiger partial charge in [-0.05, 0) is 67.5 Å². The molecule has 0 bridgehead atoms. The molecule has 2 aromatic rings. The number of carbonyl (C=O) groups excluding carboxylic acids is 1. The molecule has 1 fully saturated rings. The Labute approximate surface area is 149 Å². The number of ether oxygens (including phenoxy) is 2. The highest BCUT2D eigenvalue weighted by Gasteiger charge is 2.24. The predicted octanol–water partition coefficient (Wildman–Crippen LogP) is 4.95. The van der Waals surface area contributed by atoms with Gasteiger partial charge in [0.2, 0.25) is 0 Å². The van der Waals surface area contributed by atoms with Crippen molar-refractivity contribution in [3.63, 3.8) is 0 Å². The topological polar surface area (TPSA) is 35.5 Å². The molecular weight excluding hydrogens is 312 g/mol. The number of hydrogen-bond donors (Lipinski definition) is 0. The molecule has 3 heteroatoms. The second kappa shape index (κ2) is 6.91. The lowest BCUT2D eigenvalue weighted by molar-refractivity contribution is -0.121. The molecule has 0 amide bonds. The second-order valence-corrected chi connectivity index (χ2v) is 7.13. The molecular formula is C22H24O3. The summed E-state index contributed by atoms with van der Waals surface area (Å²) in [6.07, 6.45) is 5.25. The van der Waals surface area contributed by atoms with E-state index in [1.807, 2.05) is 12.1 Å². The van der Waals surface area contributed by atoms with E-state index in [1.165, 1.54) is 16.7 Å². The van der Waals surface area contributed by atoms with E-state index in [-0.39, 0.29) is 12.2 Å². The van der Waals surface area contributed by atoms with Gasteiger partial charge in [-0.1, -0.05) is 24.3 Å². The summed E-state index contributed by atoms with van der Waals surface area (Å²) in [4.78, 5) is 11.4. The molecule has 0 saturated heterocycles. The van der Waals surface area contributed by atoms with Crippen molar-refractivity contribution >= 4 is 5.78 Å². The summed E-state index contributed by atoms with van der Waals surface area (Å²) < 4.78 is 12.4. The Balaban J connectivity index is 1.46. The molecule has 0 aromatic heterocycles. The highest BCUT2D eigenvalue weighted by molar-refractivity contribution is 5.79. The molecule has 1 atom stereocenters. The first-order valence-corrected chi connectivity index (χ1v) is 9.22. The van der Waals surface area contributed by atoms with Crippen LogP contribution in [0.25, 0.3) is 0 Å². The molecule has 2 aromatic carbocycles. The van der Waals surface area contributed by atoms with Crippen LogP contribution in [0.2, 0.25) is 0 Å². The van der Waals surface area contributed by atoms with E-state index in [1.54, 1.807) is 0 Å². The molecule has 130 valence electrons. The molecule has 0 radical (unpaired) electrons. The van der Waals surface area contributed by atoms with Gasteiger partial charge in [0.05, 0.1) is 6.10 Å². The summed E-state index contributed by atoms with van der Waals surface area (Å²) in [5.74, 6) is 2.22. The van der Waals surface area contributed by atoms with Crippen molar-refractivity contribution in [2.24, 2.45) is 0 Å². The lowest BCUT2D eigenvalue weighted by Gasteiger charge is -2.28. The van der Waals surface area contributed by atoms with E-state index in [0.717, 1.165) is 37.2 Å². The molecule has 1 aliphatic carbocycles. The zero-order valence-electron chi connectivity index (χ0n) is 14.7. The molecule has 0 N–H and O–H groups in total. The summed E-state index contributed by atoms with van der Waals surface area (Å²) in [5.41, 5.74) is 3.78. The molecule has 1 saturated carbocycles. The van der Waals surface area contributed by atoms with Crippen LogP contribution in [0, 0.1) is 6.92 Å². The fraction of sp³-hybridized carbons (Fsp3) is 0.409. The van der Waals surface area contributed by atoms with E-state index >= 15 is 0 Å². The highest BCUT2D eigenvalue weighted by atomic mass is 16.5. The number of Topliss-reactive ketones (excluding diaryl/α,β-unsaturated/α-hetero) is 1. The van der Waals surface area contributed by atoms with E-state index in [9.17, 15) is 4.79 Å². The van der Waals surface area contributed by atoms with Crippen molar-refractivity contribution in [2.75, 3.05) is 0 Å². The number of carbonyl (C=O) groups is 1. The summed E-state index contributed by atoms with van der Waals surface area (Å²) in [7, 11) is 0. The number of ketones is 1. The third kappa shape index (κ3) is 3.55. The zero-order chi connectivity index (χ0) is 17.2. The highest BCUT2D eigenvalue weighted by Crippen LogP contribution is 2.38. The van der Waals surface area contributed by atoms with Gasteiger partial charge in [-0.15, -0.1) is 0 Å². The van der Waals surface area contributed by atoms with Gasteiger partial charge >= 0.3 is 0 Å². The molecule has 2 aliphatic rings. The maximum atomic E-state index is 11.4. The van der Waals surface area contributed by atoms with E-state index in [0.29, 0.717) is 18.6 Å². The van der Waals surface area contributed by atoms with Crippen molar-refractivity contribution in [3.8, 4) is 11.5 Å². The number of rotatable bonds is 3. The summed E-state index contributed by atoms with van der Waals surface area (Å²) in [6, 6.07) is 14.6. The van der Waals surface area contributed by atoms with Gasteiger partial charge < -0.3 is 9.47 Å². The van der Waals surface area contributed by atoms with Crippen LogP contribution in [0.5, 0.6) is 11.5 Å². The quantitative estimate of drug-likeness (QED) is 0.795. The van der Waals surface area contributed by atoms with E-state index < -0.39 is 0 Å². The van der Waals surface area contributed by atoms with Crippen LogP contribution in [-0.4, -0.2) is 11.9 Å². The second-order valence-electron chi connectivity index (χ2n) is 7.13. The van der Waals surface area contributed by atoms with E-state index in [2.05, 4.69) is 37.3 Å². The first-order chi connectivity index (χ1) is 12.2. The van der Waals surface area contributed by atoms with Gasteiger partial charge in [-0.3, -0.25) is 4.79 Å². The van der Waals surface area contributed by atoms with Gasteiger partial charge in [-0.2, -0.15) is 0 Å². The number of hydrogen-bond acceptors (Lipinski definition) is 3. The minimum atomic E-state index is 0.129. The van der Waals surface area contributed by atoms with Gasteiger partial charge in [0.25, 0.3) is 0 Å². The zero-order valence-corrected chi connectivity index (χ0v) is 14.7. The summed E-state index contributed by atoms with van der Waals surface area (Å²) in [6.45, 7) is 2.14. The van der Waals surface area contributed by atoms with Crippen LogP contribution in [0.1, 0.15) is 54.9 Å². The Kier molecular flexibility index (Phi) is 4.48. The average molecular weight is 336 g/mol. The van der Waals surface area contributed by atoms with Gasteiger partial charge in [0.1, 0.15) is 23.4 Å². The van der Waals surface area contributed by atoms with Crippen molar-refractivity contribution in [3.05, 3.63) is 59.2 Å². The van der Waals surface area contributed by atoms with Crippen molar-refractivity contribution in [2.45, 2.75) is 57.7 Å². The predicted molar refractivity (Wildman–Crippen MR) is 97.2 cm³/mol. The molecule has 3 nitrogen and oxygen atoms in total. The maximum absolute atomic E-state index is 11.4. The molecule has 4 rings (SSSR count). The van der Waals surface area contributed by atoms with Crippen LogP contribution in [0.4, 0.5) is 0 Å². The SMILES string of the molecule is Cc1ccccc1C1CCc2cc(OC3CCC(=O)CC3)ccc2O1. The van der Waals surface area contributed by atoms with Crippen LogP contribution in [-0.2, 0) is 11.2 Å². The monoisotopic (exact) mass is 336 g/mol. The lowest BCUT2D eigenvalue weighted by atomic mass is 9.94. The maximum Gasteiger partial charge on any atom is 0.133 e. The Morgan fingerprint density at radius 1 is 1.00 bits per heavy atom. The molecule has 0 spiro atoms. The largest absolute Gasteiger partial charge is 0.490 e. The average Bonchev–Trinajstić information content (AvgIpc) is 2.64. The Hall–Kier alpha value is -2.29. The van der Waals surface area contributed by atoms with Gasteiger partial charge in [0, 0.05) is 12.8 Å². The fourth-order valence-electron chi connectivity index (χ4n) is 3.83. The first kappa shape index (κ1) is 16.2. The van der Waals surface area contributed by atoms with E-state index in [4.69, 9.17) is 9.47 Å². The number of benzene rings is 2. The first-order valence-electron chi connectivity index (χ1n) is 9.22. The van der Waals surface area contributed by atoms with Crippen molar-refractivity contribution in [1.29, 1.82) is 0 Å². The van der Waals surface area contributed by atoms with Crippen LogP contribution in [0.3, 0.4) is 0 Å². The Morgan fingerprint density at radius 3 is 2.60 bits per heavy atom. The minimum absolute atomic E-state index is 0.129. The standard InChI is InChI=1S/C22H24O3/c1-15-4-2-3-5-20(15)22-12-6-16-14-19(11-13-21(16)25-22)24-18-9-7-17(23)8-10-18/h2-5,11,13-14,18,22H,6-10,12H2,1H3. The number of aryl methyl sites for hydroxylation is 2. The van der Waals surface area contributed by atoms with Crippen molar-refractivity contribution in [1.82, 2.24) is 0 Å².